The molecule has 5 nitrogen and oxygen atoms in total. The SMILES string of the molecule is O=C(O)CC1CN(C(=O)OCC(F)(F)F)C1. The highest BCUT2D eigenvalue weighted by Crippen LogP contribution is 2.21. The van der Waals surface area contributed by atoms with Gasteiger partial charge in [0.1, 0.15) is 0 Å². The lowest BCUT2D eigenvalue weighted by Gasteiger charge is -2.37. The summed E-state index contributed by atoms with van der Waals surface area (Å²) in [5, 5.41) is 8.40. The lowest BCUT2D eigenvalue weighted by Crippen LogP contribution is -2.51. The maximum Gasteiger partial charge on any atom is 0.422 e. The van der Waals surface area contributed by atoms with Crippen molar-refractivity contribution < 1.29 is 32.6 Å². The standard InChI is InChI=1S/C8H10F3NO4/c9-8(10,11)4-16-7(15)12-2-5(3-12)1-6(13)14/h5H,1-4H2,(H,13,14). The predicted octanol–water partition coefficient (Wildman–Crippen LogP) is 1.09. The van der Waals surface area contributed by atoms with E-state index in [1.165, 1.54) is 0 Å². The van der Waals surface area contributed by atoms with E-state index in [4.69, 9.17) is 5.11 Å². The van der Waals surface area contributed by atoms with Crippen LogP contribution < -0.4 is 0 Å². The number of carbonyl (C=O) groups is 2. The Kier molecular flexibility index (Phi) is 3.61. The first-order valence-electron chi connectivity index (χ1n) is 4.48. The van der Waals surface area contributed by atoms with Crippen molar-refractivity contribution in [2.75, 3.05) is 19.7 Å². The first kappa shape index (κ1) is 12.6. The molecule has 1 fully saturated rings. The minimum Gasteiger partial charge on any atom is -0.481 e. The van der Waals surface area contributed by atoms with Gasteiger partial charge in [-0.1, -0.05) is 0 Å². The van der Waals surface area contributed by atoms with Gasteiger partial charge in [-0.3, -0.25) is 4.79 Å². The summed E-state index contributed by atoms with van der Waals surface area (Å²) in [4.78, 5) is 22.3. The van der Waals surface area contributed by atoms with Gasteiger partial charge in [-0.15, -0.1) is 0 Å². The first-order valence-corrected chi connectivity index (χ1v) is 4.48. The van der Waals surface area contributed by atoms with E-state index in [-0.39, 0.29) is 25.4 Å². The molecule has 1 rings (SSSR count). The minimum atomic E-state index is -4.54. The third kappa shape index (κ3) is 3.95. The number of alkyl halides is 3. The molecule has 92 valence electrons. The van der Waals surface area contributed by atoms with Gasteiger partial charge in [0.2, 0.25) is 0 Å². The quantitative estimate of drug-likeness (QED) is 0.803. The van der Waals surface area contributed by atoms with E-state index in [0.717, 1.165) is 4.90 Å². The molecule has 0 spiro atoms. The van der Waals surface area contributed by atoms with E-state index in [0.29, 0.717) is 0 Å². The van der Waals surface area contributed by atoms with E-state index < -0.39 is 24.8 Å². The summed E-state index contributed by atoms with van der Waals surface area (Å²) in [7, 11) is 0. The fourth-order valence-corrected chi connectivity index (χ4v) is 1.33. The number of aliphatic carboxylic acids is 1. The number of halogens is 3. The van der Waals surface area contributed by atoms with Crippen molar-refractivity contribution >= 4 is 12.1 Å². The Morgan fingerprint density at radius 3 is 2.38 bits per heavy atom. The molecule has 0 unspecified atom stereocenters. The van der Waals surface area contributed by atoms with Crippen LogP contribution in [0.1, 0.15) is 6.42 Å². The molecule has 0 aromatic heterocycles. The van der Waals surface area contributed by atoms with Crippen LogP contribution in [0.25, 0.3) is 0 Å². The van der Waals surface area contributed by atoms with Gasteiger partial charge < -0.3 is 14.7 Å². The monoisotopic (exact) mass is 241 g/mol. The Labute approximate surface area is 88.8 Å². The number of amides is 1. The summed E-state index contributed by atoms with van der Waals surface area (Å²) >= 11 is 0. The van der Waals surface area contributed by atoms with E-state index >= 15 is 0 Å². The van der Waals surface area contributed by atoms with Crippen LogP contribution in [0.5, 0.6) is 0 Å². The Balaban J connectivity index is 2.19. The average molecular weight is 241 g/mol. The number of nitrogens with zero attached hydrogens (tertiary/aromatic N) is 1. The van der Waals surface area contributed by atoms with Gasteiger partial charge in [0.15, 0.2) is 6.61 Å². The number of hydrogen-bond acceptors (Lipinski definition) is 3. The molecule has 1 aliphatic heterocycles. The molecule has 8 heteroatoms. The van der Waals surface area contributed by atoms with Crippen molar-refractivity contribution in [2.24, 2.45) is 5.92 Å². The largest absolute Gasteiger partial charge is 0.481 e. The highest BCUT2D eigenvalue weighted by Gasteiger charge is 2.36. The fraction of sp³-hybridized carbons (Fsp3) is 0.750. The van der Waals surface area contributed by atoms with Gasteiger partial charge in [-0.2, -0.15) is 13.2 Å². The average Bonchev–Trinajstić information content (AvgIpc) is 2.05. The van der Waals surface area contributed by atoms with Crippen LogP contribution in [0.4, 0.5) is 18.0 Å². The summed E-state index contributed by atoms with van der Waals surface area (Å²) in [6.45, 7) is -1.36. The van der Waals surface area contributed by atoms with Crippen molar-refractivity contribution in [3.63, 3.8) is 0 Å². The van der Waals surface area contributed by atoms with Gasteiger partial charge in [-0.05, 0) is 0 Å². The molecule has 0 aromatic rings. The van der Waals surface area contributed by atoms with Crippen molar-refractivity contribution in [1.82, 2.24) is 4.90 Å². The van der Waals surface area contributed by atoms with Crippen molar-refractivity contribution in [3.05, 3.63) is 0 Å². The number of rotatable bonds is 3. The molecule has 0 atom stereocenters. The van der Waals surface area contributed by atoms with Crippen molar-refractivity contribution in [3.8, 4) is 0 Å². The van der Waals surface area contributed by atoms with Gasteiger partial charge in [-0.25, -0.2) is 4.79 Å². The molecule has 1 saturated heterocycles. The van der Waals surface area contributed by atoms with Crippen molar-refractivity contribution in [1.29, 1.82) is 0 Å². The fourth-order valence-electron chi connectivity index (χ4n) is 1.33. The number of likely N-dealkylation sites (tertiary alicyclic amines) is 1. The van der Waals surface area contributed by atoms with Crippen LogP contribution in [0, 0.1) is 5.92 Å². The molecular formula is C8H10F3NO4. The number of carbonyl (C=O) groups excluding carboxylic acids is 1. The van der Waals surface area contributed by atoms with Gasteiger partial charge in [0, 0.05) is 19.0 Å². The maximum absolute atomic E-state index is 11.7. The van der Waals surface area contributed by atoms with Crippen LogP contribution in [0.2, 0.25) is 0 Å². The zero-order chi connectivity index (χ0) is 12.3. The Morgan fingerprint density at radius 1 is 1.38 bits per heavy atom. The highest BCUT2D eigenvalue weighted by molar-refractivity contribution is 5.70. The Hall–Kier alpha value is -1.47. The molecule has 1 aliphatic rings. The topological polar surface area (TPSA) is 66.8 Å². The maximum atomic E-state index is 11.7. The van der Waals surface area contributed by atoms with Gasteiger partial charge in [0.25, 0.3) is 0 Å². The van der Waals surface area contributed by atoms with E-state index in [1.807, 2.05) is 0 Å². The molecule has 0 bridgehead atoms. The molecule has 0 saturated carbocycles. The van der Waals surface area contributed by atoms with Crippen LogP contribution in [-0.4, -0.2) is 47.9 Å². The summed E-state index contributed by atoms with van der Waals surface area (Å²) in [6.07, 6.45) is -5.69. The van der Waals surface area contributed by atoms with Crippen molar-refractivity contribution in [2.45, 2.75) is 12.6 Å². The van der Waals surface area contributed by atoms with Crippen LogP contribution >= 0.6 is 0 Å². The minimum absolute atomic E-state index is 0.0942. The Morgan fingerprint density at radius 2 is 1.94 bits per heavy atom. The number of ether oxygens (including phenoxy) is 1. The zero-order valence-corrected chi connectivity index (χ0v) is 8.16. The highest BCUT2D eigenvalue weighted by atomic mass is 19.4. The molecule has 1 N–H and O–H groups in total. The third-order valence-electron chi connectivity index (χ3n) is 2.04. The number of carboxylic acid groups (broad SMARTS) is 1. The summed E-state index contributed by atoms with van der Waals surface area (Å²) in [6, 6.07) is 0. The molecule has 1 amide bonds. The summed E-state index contributed by atoms with van der Waals surface area (Å²) < 4.78 is 39.0. The second-order valence-corrected chi connectivity index (χ2v) is 3.54. The Bertz CT molecular complexity index is 285. The van der Waals surface area contributed by atoms with Gasteiger partial charge >= 0.3 is 18.2 Å². The lowest BCUT2D eigenvalue weighted by atomic mass is 9.97. The molecule has 1 heterocycles. The molecule has 0 radical (unpaired) electrons. The zero-order valence-electron chi connectivity index (χ0n) is 8.16. The van der Waals surface area contributed by atoms with E-state index in [9.17, 15) is 22.8 Å². The normalized spacial score (nSPS) is 16.8. The molecule has 16 heavy (non-hydrogen) atoms. The third-order valence-corrected chi connectivity index (χ3v) is 2.04. The summed E-state index contributed by atoms with van der Waals surface area (Å²) in [5.74, 6) is -1.19. The van der Waals surface area contributed by atoms with E-state index in [2.05, 4.69) is 4.74 Å². The number of hydrogen-bond donors (Lipinski definition) is 1. The molecule has 0 aromatic carbocycles. The smallest absolute Gasteiger partial charge is 0.422 e. The van der Waals surface area contributed by atoms with Gasteiger partial charge in [0.05, 0.1) is 6.42 Å². The number of carboxylic acids is 1. The van der Waals surface area contributed by atoms with Crippen LogP contribution in [0.3, 0.4) is 0 Å². The second kappa shape index (κ2) is 4.58. The first-order chi connectivity index (χ1) is 7.28. The summed E-state index contributed by atoms with van der Waals surface area (Å²) in [5.41, 5.74) is 0. The second-order valence-electron chi connectivity index (χ2n) is 3.54. The molecule has 0 aliphatic carbocycles. The van der Waals surface area contributed by atoms with E-state index in [1.54, 1.807) is 0 Å². The van der Waals surface area contributed by atoms with Crippen LogP contribution in [-0.2, 0) is 9.53 Å². The van der Waals surface area contributed by atoms with Crippen LogP contribution in [0.15, 0.2) is 0 Å². The lowest BCUT2D eigenvalue weighted by molar-refractivity contribution is -0.163. The molecular weight excluding hydrogens is 231 g/mol. The predicted molar refractivity (Wildman–Crippen MR) is 44.7 cm³/mol.